The Kier molecular flexibility index (Phi) is 10.7. The van der Waals surface area contributed by atoms with E-state index < -0.39 is 21.9 Å². The van der Waals surface area contributed by atoms with E-state index in [4.69, 9.17) is 23.2 Å². The number of hydrogen-bond donors (Lipinski definition) is 1. The van der Waals surface area contributed by atoms with Gasteiger partial charge >= 0.3 is 0 Å². The Balaban J connectivity index is 1.88. The quantitative estimate of drug-likeness (QED) is 0.318. The number of carbonyl (C=O) groups is 2. The highest BCUT2D eigenvalue weighted by Gasteiger charge is 2.31. The fraction of sp³-hybridized carbons (Fsp3) is 0.286. The first-order valence-electron chi connectivity index (χ1n) is 12.2. The summed E-state index contributed by atoms with van der Waals surface area (Å²) in [5.74, 6) is -1.22. The average Bonchev–Trinajstić information content (AvgIpc) is 2.90. The van der Waals surface area contributed by atoms with E-state index in [0.29, 0.717) is 21.3 Å². The van der Waals surface area contributed by atoms with E-state index in [9.17, 15) is 22.4 Å². The lowest BCUT2D eigenvalue weighted by molar-refractivity contribution is -0.141. The first-order chi connectivity index (χ1) is 18.5. The van der Waals surface area contributed by atoms with Crippen LogP contribution in [0.1, 0.15) is 24.0 Å². The summed E-state index contributed by atoms with van der Waals surface area (Å²) in [4.78, 5) is 28.2. The monoisotopic (exact) mass is 593 g/mol. The van der Waals surface area contributed by atoms with E-state index in [1.807, 2.05) is 30.3 Å². The van der Waals surface area contributed by atoms with Crippen molar-refractivity contribution in [3.63, 3.8) is 0 Å². The topological polar surface area (TPSA) is 86.8 Å². The Morgan fingerprint density at radius 1 is 0.949 bits per heavy atom. The third kappa shape index (κ3) is 8.42. The summed E-state index contributed by atoms with van der Waals surface area (Å²) in [5, 5.41) is 3.35. The van der Waals surface area contributed by atoms with Gasteiger partial charge in [-0.05, 0) is 48.4 Å². The molecule has 208 valence electrons. The van der Waals surface area contributed by atoms with E-state index in [0.717, 1.165) is 16.1 Å². The minimum atomic E-state index is -3.70. The highest BCUT2D eigenvalue weighted by Crippen LogP contribution is 2.28. The molecule has 7 nitrogen and oxygen atoms in total. The molecule has 1 N–H and O–H groups in total. The smallest absolute Gasteiger partial charge is 0.242 e. The van der Waals surface area contributed by atoms with Crippen LogP contribution < -0.4 is 9.62 Å². The number of halogens is 3. The number of nitrogens with one attached hydrogen (secondary N) is 1. The van der Waals surface area contributed by atoms with Gasteiger partial charge < -0.3 is 10.2 Å². The molecule has 2 amide bonds. The second kappa shape index (κ2) is 13.8. The van der Waals surface area contributed by atoms with Crippen molar-refractivity contribution in [1.82, 2.24) is 10.2 Å². The standard InChI is InChI=1S/C28H30Cl2FN3O4S/c1-32-28(36)26(18-20-8-4-3-5-9-20)33(19-23-24(29)10-6-11-25(23)30)27(35)12-7-17-34(39(2,37)38)22-15-13-21(31)14-16-22/h3-6,8-11,13-16,26H,7,12,17-19H2,1-2H3,(H,32,36)/t26-/m1/s1. The Hall–Kier alpha value is -3.14. The maximum atomic E-state index is 13.7. The Morgan fingerprint density at radius 3 is 2.13 bits per heavy atom. The number of likely N-dealkylation sites (N-methyl/N-ethyl adjacent to an activating group) is 1. The average molecular weight is 595 g/mol. The molecule has 0 heterocycles. The van der Waals surface area contributed by atoms with Crippen LogP contribution >= 0.6 is 23.2 Å². The van der Waals surface area contributed by atoms with Crippen LogP contribution in [0.4, 0.5) is 10.1 Å². The molecule has 0 fully saturated rings. The highest BCUT2D eigenvalue weighted by atomic mass is 35.5. The molecule has 3 rings (SSSR count). The molecule has 0 unspecified atom stereocenters. The number of sulfonamides is 1. The normalized spacial score (nSPS) is 12.0. The van der Waals surface area contributed by atoms with E-state index in [2.05, 4.69) is 5.32 Å². The SMILES string of the molecule is CNC(=O)[C@@H](Cc1ccccc1)N(Cc1c(Cl)cccc1Cl)C(=O)CCCN(c1ccc(F)cc1)S(C)(=O)=O. The fourth-order valence-electron chi connectivity index (χ4n) is 4.19. The van der Waals surface area contributed by atoms with Crippen LogP contribution in [-0.4, -0.2) is 51.0 Å². The summed E-state index contributed by atoms with van der Waals surface area (Å²) in [7, 11) is -2.20. The van der Waals surface area contributed by atoms with Gasteiger partial charge in [-0.15, -0.1) is 0 Å². The van der Waals surface area contributed by atoms with Crippen molar-refractivity contribution in [2.75, 3.05) is 24.2 Å². The van der Waals surface area contributed by atoms with Crippen LogP contribution in [0.2, 0.25) is 10.0 Å². The molecule has 39 heavy (non-hydrogen) atoms. The highest BCUT2D eigenvalue weighted by molar-refractivity contribution is 7.92. The maximum absolute atomic E-state index is 13.7. The lowest BCUT2D eigenvalue weighted by Gasteiger charge is -2.32. The van der Waals surface area contributed by atoms with Gasteiger partial charge in [-0.1, -0.05) is 59.6 Å². The number of nitrogens with zero attached hydrogens (tertiary/aromatic N) is 2. The minimum absolute atomic E-state index is 0.0137. The second-order valence-corrected chi connectivity index (χ2v) is 11.7. The van der Waals surface area contributed by atoms with Crippen molar-refractivity contribution in [1.29, 1.82) is 0 Å². The lowest BCUT2D eigenvalue weighted by Crippen LogP contribution is -2.50. The molecule has 0 bridgehead atoms. The summed E-state index contributed by atoms with van der Waals surface area (Å²) in [5.41, 5.74) is 1.65. The zero-order valence-corrected chi connectivity index (χ0v) is 23.9. The molecule has 0 aliphatic carbocycles. The van der Waals surface area contributed by atoms with Gasteiger partial charge in [-0.3, -0.25) is 13.9 Å². The van der Waals surface area contributed by atoms with Gasteiger partial charge in [-0.2, -0.15) is 0 Å². The molecular formula is C28H30Cl2FN3O4S. The first kappa shape index (κ1) is 30.4. The molecule has 0 aliphatic heterocycles. The first-order valence-corrected chi connectivity index (χ1v) is 14.8. The van der Waals surface area contributed by atoms with Gasteiger partial charge in [0.2, 0.25) is 21.8 Å². The Bertz CT molecular complexity index is 1370. The van der Waals surface area contributed by atoms with Crippen molar-refractivity contribution in [2.45, 2.75) is 31.8 Å². The van der Waals surface area contributed by atoms with Gasteiger partial charge in [0.05, 0.1) is 11.9 Å². The van der Waals surface area contributed by atoms with Gasteiger partial charge in [0, 0.05) is 48.6 Å². The molecule has 0 radical (unpaired) electrons. The zero-order valence-electron chi connectivity index (χ0n) is 21.6. The van der Waals surface area contributed by atoms with Gasteiger partial charge in [0.15, 0.2) is 0 Å². The summed E-state index contributed by atoms with van der Waals surface area (Å²) in [6.45, 7) is -0.0315. The number of rotatable bonds is 12. The third-order valence-electron chi connectivity index (χ3n) is 6.17. The predicted molar refractivity (Wildman–Crippen MR) is 153 cm³/mol. The molecular weight excluding hydrogens is 564 g/mol. The van der Waals surface area contributed by atoms with Gasteiger partial charge in [0.1, 0.15) is 11.9 Å². The molecule has 0 saturated carbocycles. The molecule has 0 aromatic heterocycles. The second-order valence-electron chi connectivity index (χ2n) is 8.96. The lowest BCUT2D eigenvalue weighted by atomic mass is 10.0. The molecule has 0 saturated heterocycles. The summed E-state index contributed by atoms with van der Waals surface area (Å²) >= 11 is 12.8. The number of amides is 2. The third-order valence-corrected chi connectivity index (χ3v) is 8.08. The van der Waals surface area contributed by atoms with Crippen LogP contribution in [0, 0.1) is 5.82 Å². The number of anilines is 1. The maximum Gasteiger partial charge on any atom is 0.242 e. The van der Waals surface area contributed by atoms with Gasteiger partial charge in [0.25, 0.3) is 0 Å². The fourth-order valence-corrected chi connectivity index (χ4v) is 5.67. The van der Waals surface area contributed by atoms with Crippen molar-refractivity contribution in [3.8, 4) is 0 Å². The van der Waals surface area contributed by atoms with E-state index >= 15 is 0 Å². The van der Waals surface area contributed by atoms with Crippen LogP contribution in [-0.2, 0) is 32.6 Å². The molecule has 11 heteroatoms. The van der Waals surface area contributed by atoms with E-state index in [-0.39, 0.29) is 44.2 Å². The molecule has 1 atom stereocenters. The van der Waals surface area contributed by atoms with Crippen molar-refractivity contribution in [2.24, 2.45) is 0 Å². The molecule has 0 aliphatic rings. The zero-order chi connectivity index (χ0) is 28.6. The number of benzene rings is 3. The van der Waals surface area contributed by atoms with Crippen molar-refractivity contribution < 1.29 is 22.4 Å². The van der Waals surface area contributed by atoms with E-state index in [1.54, 1.807) is 18.2 Å². The number of carbonyl (C=O) groups excluding carboxylic acids is 2. The van der Waals surface area contributed by atoms with Crippen LogP contribution in [0.25, 0.3) is 0 Å². The van der Waals surface area contributed by atoms with Crippen LogP contribution in [0.15, 0.2) is 72.8 Å². The summed E-state index contributed by atoms with van der Waals surface area (Å²) in [6, 6.07) is 18.5. The molecule has 0 spiro atoms. The summed E-state index contributed by atoms with van der Waals surface area (Å²) < 4.78 is 39.4. The number of hydrogen-bond acceptors (Lipinski definition) is 4. The van der Waals surface area contributed by atoms with Gasteiger partial charge in [-0.25, -0.2) is 12.8 Å². The summed E-state index contributed by atoms with van der Waals surface area (Å²) in [6.07, 6.45) is 1.39. The Morgan fingerprint density at radius 2 is 1.56 bits per heavy atom. The molecule has 3 aromatic carbocycles. The van der Waals surface area contributed by atoms with Crippen LogP contribution in [0.3, 0.4) is 0 Å². The largest absolute Gasteiger partial charge is 0.357 e. The van der Waals surface area contributed by atoms with Crippen molar-refractivity contribution in [3.05, 3.63) is 99.8 Å². The van der Waals surface area contributed by atoms with E-state index in [1.165, 1.54) is 36.2 Å². The van der Waals surface area contributed by atoms with Crippen molar-refractivity contribution >= 4 is 50.7 Å². The predicted octanol–water partition coefficient (Wildman–Crippen LogP) is 5.06. The van der Waals surface area contributed by atoms with Crippen LogP contribution in [0.5, 0.6) is 0 Å². The molecule has 3 aromatic rings. The minimum Gasteiger partial charge on any atom is -0.357 e. The Labute approximate surface area is 238 Å².